The lowest BCUT2D eigenvalue weighted by Gasteiger charge is -2.38. The van der Waals surface area contributed by atoms with E-state index in [1.165, 1.54) is 12.4 Å². The minimum atomic E-state index is -3.74. The molecule has 0 saturated heterocycles. The van der Waals surface area contributed by atoms with Crippen molar-refractivity contribution in [2.45, 2.75) is 11.1 Å². The molecule has 0 aliphatic rings. The van der Waals surface area contributed by atoms with E-state index in [0.717, 1.165) is 123 Å². The molecular formula is C85H63N13O6S2. The van der Waals surface area contributed by atoms with Crippen LogP contribution < -0.4 is 14.1 Å². The van der Waals surface area contributed by atoms with Crippen LogP contribution in [0, 0.1) is 0 Å². The molecule has 0 aliphatic carbocycles. The predicted octanol–water partition coefficient (Wildman–Crippen LogP) is 16.4. The summed E-state index contributed by atoms with van der Waals surface area (Å²) in [5, 5.41) is 5.98. The summed E-state index contributed by atoms with van der Waals surface area (Å²) in [5.41, 5.74) is 21.0. The number of H-pyrrole nitrogens is 1. The van der Waals surface area contributed by atoms with Crippen LogP contribution in [0.2, 0.25) is 0 Å². The number of nitrogens with two attached hydrogens (primary N) is 1. The molecule has 0 spiro atoms. The summed E-state index contributed by atoms with van der Waals surface area (Å²) < 4.78 is 60.6. The number of nitrogens with zero attached hydrogens (tertiary/aromatic N) is 11. The fraction of sp³-hybridized carbons (Fsp3) is 0.0471. The molecule has 0 atom stereocenters. The van der Waals surface area contributed by atoms with Gasteiger partial charge >= 0.3 is 20.2 Å². The van der Waals surface area contributed by atoms with Gasteiger partial charge in [-0.05, 0) is 112 Å². The summed E-state index contributed by atoms with van der Waals surface area (Å²) in [6, 6.07) is 91.8. The second-order valence-corrected chi connectivity index (χ2v) is 28.3. The fourth-order valence-corrected chi connectivity index (χ4v) is 15.0. The lowest BCUT2D eigenvalue weighted by atomic mass is 9.76. The third-order valence-corrected chi connectivity index (χ3v) is 19.5. The molecule has 6 aromatic carbocycles. The Bertz CT molecular complexity index is 6300. The molecule has 0 aliphatic heterocycles. The maximum Gasteiger partial charge on any atom is 0.307 e. The van der Waals surface area contributed by atoms with Crippen LogP contribution in [0.5, 0.6) is 11.8 Å². The minimum absolute atomic E-state index is 0.0118. The molecule has 0 fully saturated rings. The van der Waals surface area contributed by atoms with E-state index in [-0.39, 0.29) is 11.8 Å². The van der Waals surface area contributed by atoms with Crippen LogP contribution >= 0.6 is 0 Å². The molecule has 19 nitrogen and oxygen atoms in total. The van der Waals surface area contributed by atoms with Crippen LogP contribution in [0.15, 0.2) is 329 Å². The Balaban J connectivity index is 0.000000127. The quantitative estimate of drug-likeness (QED) is 0.0714. The summed E-state index contributed by atoms with van der Waals surface area (Å²) in [4.78, 5) is 43.7. The van der Waals surface area contributed by atoms with E-state index in [9.17, 15) is 16.8 Å². The molecule has 0 amide bonds. The van der Waals surface area contributed by atoms with Crippen LogP contribution in [0.3, 0.4) is 0 Å². The normalized spacial score (nSPS) is 11.9. The van der Waals surface area contributed by atoms with E-state index in [1.807, 2.05) is 97.6 Å². The van der Waals surface area contributed by atoms with Gasteiger partial charge in [-0.25, -0.2) is 29.9 Å². The van der Waals surface area contributed by atoms with Crippen molar-refractivity contribution in [3.8, 4) is 45.5 Å². The molecule has 21 heteroatoms. The number of hydrogen-bond acceptors (Lipinski definition) is 16. The average Bonchev–Trinajstić information content (AvgIpc) is 1.51. The smallest absolute Gasteiger partial charge is 0.307 e. The first kappa shape index (κ1) is 66.9. The molecule has 0 saturated carbocycles. The molecule has 516 valence electrons. The van der Waals surface area contributed by atoms with Gasteiger partial charge in [0.2, 0.25) is 11.8 Å². The zero-order valence-corrected chi connectivity index (χ0v) is 58.6. The van der Waals surface area contributed by atoms with Crippen molar-refractivity contribution >= 4 is 91.9 Å². The number of nitrogens with one attached hydrogen (secondary N) is 1. The molecular weight excluding hydrogens is 1360 g/mol. The molecule has 106 heavy (non-hydrogen) atoms. The molecule has 18 aromatic rings. The third kappa shape index (κ3) is 12.7. The summed E-state index contributed by atoms with van der Waals surface area (Å²) in [6.07, 6.45) is 17.7. The highest BCUT2D eigenvalue weighted by molar-refractivity contribution is 7.86. The van der Waals surface area contributed by atoms with E-state index < -0.39 is 31.3 Å². The van der Waals surface area contributed by atoms with Gasteiger partial charge in [-0.15, -0.1) is 0 Å². The van der Waals surface area contributed by atoms with Crippen molar-refractivity contribution in [3.63, 3.8) is 0 Å². The van der Waals surface area contributed by atoms with Gasteiger partial charge in [-0.3, -0.25) is 15.0 Å². The van der Waals surface area contributed by atoms with E-state index >= 15 is 0 Å². The third-order valence-electron chi connectivity index (χ3n) is 18.5. The van der Waals surface area contributed by atoms with E-state index in [2.05, 4.69) is 225 Å². The van der Waals surface area contributed by atoms with Gasteiger partial charge in [0.25, 0.3) is 0 Å². The van der Waals surface area contributed by atoms with Gasteiger partial charge in [0.05, 0.1) is 46.1 Å². The molecule has 12 heterocycles. The van der Waals surface area contributed by atoms with Crippen molar-refractivity contribution in [1.29, 1.82) is 0 Å². The Morgan fingerprint density at radius 1 is 0.349 bits per heavy atom. The van der Waals surface area contributed by atoms with Crippen LogP contribution in [0.1, 0.15) is 33.4 Å². The number of aromatic amines is 1. The topological polar surface area (TPSA) is 254 Å². The monoisotopic (exact) mass is 1430 g/mol. The van der Waals surface area contributed by atoms with Gasteiger partial charge in [0, 0.05) is 117 Å². The minimum Gasteiger partial charge on any atom is -0.384 e. The van der Waals surface area contributed by atoms with Gasteiger partial charge < -0.3 is 28.2 Å². The maximum atomic E-state index is 11.8. The van der Waals surface area contributed by atoms with Crippen LogP contribution in [0.25, 0.3) is 99.6 Å². The van der Waals surface area contributed by atoms with E-state index in [1.54, 1.807) is 42.9 Å². The molecule has 0 radical (unpaired) electrons. The highest BCUT2D eigenvalue weighted by atomic mass is 32.2. The SMILES string of the molecule is CS(=O)(=O)Oc1cc(-c2ccc3c(n2)[nH]c2ccncc23)ccn1.CS(=O)(=O)Oc1cc(-c2ccc3c4cnccc4n(C(c4ccccc4)(c4ccccc4)c4ccccc4)c3n2)ccn1.Nc1cc(-c2ccc3c4cnccc4n(C(c4ccccc4)(c4ccccc4)c4ccccc4)c3n2)ccn1. The molecule has 18 rings (SSSR count). The Labute approximate surface area is 609 Å². The highest BCUT2D eigenvalue weighted by Crippen LogP contribution is 2.48. The fourth-order valence-electron chi connectivity index (χ4n) is 14.2. The standard InChI is InChI=1S/C35H26N4O3S.C34H25N5.C16H12N4O3S/c1-43(40,41)42-33-23-25(19-22-37-33)31-18-17-29-30-24-36-21-20-32(30)39(34(29)38-31)35(26-11-5-2-6-12-26,27-13-7-3-8-14-27)28-15-9-4-10-16-28;35-32-22-24(18-21-37-32)30-17-16-28-29-23-36-20-19-31(29)39(33(28)38-30)34(25-10-4-1-5-11-25,26-12-6-2-7-13-26)27-14-8-3-9-15-27;1-24(21,22)23-15-8-10(4-7-18-15)13-3-2-11-12-9-17-6-5-14(12)20-16(11)19-13/h2-24H,1H3;1-23H,(H2,35,37);2-9H,1H3,(H,19,20). The number of benzene rings is 6. The summed E-state index contributed by atoms with van der Waals surface area (Å²) >= 11 is 0. The molecule has 0 unspecified atom stereocenters. The van der Waals surface area contributed by atoms with E-state index in [4.69, 9.17) is 24.1 Å². The first-order chi connectivity index (χ1) is 51.7. The van der Waals surface area contributed by atoms with Crippen LogP contribution in [0.4, 0.5) is 5.82 Å². The van der Waals surface area contributed by atoms with Crippen molar-refractivity contribution in [2.75, 3.05) is 18.2 Å². The van der Waals surface area contributed by atoms with Crippen LogP contribution in [-0.4, -0.2) is 88.3 Å². The first-order valence-corrected chi connectivity index (χ1v) is 37.4. The first-order valence-electron chi connectivity index (χ1n) is 33.7. The number of rotatable bonds is 15. The second kappa shape index (κ2) is 28.0. The Morgan fingerprint density at radius 2 is 0.689 bits per heavy atom. The lowest BCUT2D eigenvalue weighted by Crippen LogP contribution is -2.37. The molecule has 3 N–H and O–H groups in total. The predicted molar refractivity (Wildman–Crippen MR) is 416 cm³/mol. The average molecular weight is 1430 g/mol. The number of pyridine rings is 9. The van der Waals surface area contributed by atoms with Crippen molar-refractivity contribution < 1.29 is 25.2 Å². The Hall–Kier alpha value is -13.6. The molecule has 0 bridgehead atoms. The summed E-state index contributed by atoms with van der Waals surface area (Å²) in [5.74, 6) is 0.461. The number of fused-ring (bicyclic) bond motifs is 9. The number of anilines is 1. The summed E-state index contributed by atoms with van der Waals surface area (Å²) in [7, 11) is -7.36. The number of nitrogen functional groups attached to an aromatic ring is 1. The zero-order valence-electron chi connectivity index (χ0n) is 56.9. The zero-order chi connectivity index (χ0) is 72.4. The van der Waals surface area contributed by atoms with Gasteiger partial charge in [0.1, 0.15) is 33.8 Å². The lowest BCUT2D eigenvalue weighted by molar-refractivity contribution is 0.481. The van der Waals surface area contributed by atoms with Crippen molar-refractivity contribution in [3.05, 3.63) is 362 Å². The Kier molecular flexibility index (Phi) is 17.6. The largest absolute Gasteiger partial charge is 0.384 e. The van der Waals surface area contributed by atoms with Gasteiger partial charge in [-0.2, -0.15) is 16.8 Å². The molecule has 12 aromatic heterocycles. The van der Waals surface area contributed by atoms with E-state index in [0.29, 0.717) is 28.3 Å². The van der Waals surface area contributed by atoms with Gasteiger partial charge in [-0.1, -0.05) is 182 Å². The summed E-state index contributed by atoms with van der Waals surface area (Å²) in [6.45, 7) is 0. The van der Waals surface area contributed by atoms with Crippen molar-refractivity contribution in [2.24, 2.45) is 0 Å². The highest BCUT2D eigenvalue weighted by Gasteiger charge is 2.43. The Morgan fingerprint density at radius 3 is 1.07 bits per heavy atom. The second-order valence-electron chi connectivity index (χ2n) is 25.2. The number of aromatic nitrogens is 12. The van der Waals surface area contributed by atoms with Crippen LogP contribution in [-0.2, 0) is 31.3 Å². The van der Waals surface area contributed by atoms with Gasteiger partial charge in [0.15, 0.2) is 0 Å². The van der Waals surface area contributed by atoms with Crippen molar-refractivity contribution in [1.82, 2.24) is 59.0 Å². The maximum absolute atomic E-state index is 11.8. The number of hydrogen-bond donors (Lipinski definition) is 2.